The average Bonchev–Trinajstić information content (AvgIpc) is 2.91. The minimum absolute atomic E-state index is 0.154. The molecule has 0 fully saturated rings. The van der Waals surface area contributed by atoms with Gasteiger partial charge in [0.05, 0.1) is 12.3 Å². The predicted octanol–water partition coefficient (Wildman–Crippen LogP) is 3.85. The highest BCUT2D eigenvalue weighted by molar-refractivity contribution is 5.99. The summed E-state index contributed by atoms with van der Waals surface area (Å²) in [7, 11) is 1.97. The highest BCUT2D eigenvalue weighted by Gasteiger charge is 2.20. The fraction of sp³-hybridized carbons (Fsp3) is 0.389. The molecule has 1 atom stereocenters. The van der Waals surface area contributed by atoms with Crippen LogP contribution in [0, 0.1) is 6.92 Å². The molecule has 0 aliphatic carbocycles. The molecule has 0 amide bonds. The van der Waals surface area contributed by atoms with E-state index in [9.17, 15) is 4.79 Å². The van der Waals surface area contributed by atoms with E-state index in [-0.39, 0.29) is 11.8 Å². The Labute approximate surface area is 126 Å². The molecule has 112 valence electrons. The van der Waals surface area contributed by atoms with Gasteiger partial charge in [-0.25, -0.2) is 0 Å². The van der Waals surface area contributed by atoms with Crippen molar-refractivity contribution in [2.75, 3.05) is 7.05 Å². The Hall–Kier alpha value is -1.87. The Morgan fingerprint density at radius 2 is 1.90 bits per heavy atom. The number of benzene rings is 1. The summed E-state index contributed by atoms with van der Waals surface area (Å²) in [6.45, 7) is 6.72. The van der Waals surface area contributed by atoms with E-state index in [1.165, 1.54) is 5.56 Å². The summed E-state index contributed by atoms with van der Waals surface area (Å²) in [5.41, 5.74) is 3.15. The Balaban J connectivity index is 2.05. The van der Waals surface area contributed by atoms with Crippen molar-refractivity contribution in [1.29, 1.82) is 0 Å². The van der Waals surface area contributed by atoms with Gasteiger partial charge in [0.2, 0.25) is 0 Å². The summed E-state index contributed by atoms with van der Waals surface area (Å²) in [5, 5.41) is 0. The van der Waals surface area contributed by atoms with Crippen molar-refractivity contribution in [3.63, 3.8) is 0 Å². The summed E-state index contributed by atoms with van der Waals surface area (Å²) in [5.74, 6) is 1.06. The van der Waals surface area contributed by atoms with Crippen molar-refractivity contribution < 1.29 is 9.21 Å². The standard InChI is InChI=1S/C18H23NO2/c1-5-15-6-8-16(9-7-15)18(20)13(2)19(4)12-17-10-11-21-14(17)3/h6-11,13H,5,12H2,1-4H3. The van der Waals surface area contributed by atoms with Crippen LogP contribution in [-0.4, -0.2) is 23.8 Å². The van der Waals surface area contributed by atoms with Gasteiger partial charge in [0.1, 0.15) is 5.76 Å². The number of nitrogens with zero attached hydrogens (tertiary/aromatic N) is 1. The normalized spacial score (nSPS) is 12.6. The van der Waals surface area contributed by atoms with Crippen LogP contribution in [0.2, 0.25) is 0 Å². The van der Waals surface area contributed by atoms with Gasteiger partial charge >= 0.3 is 0 Å². The van der Waals surface area contributed by atoms with E-state index in [1.807, 2.05) is 56.1 Å². The first-order valence-electron chi connectivity index (χ1n) is 7.39. The summed E-state index contributed by atoms with van der Waals surface area (Å²) in [6.07, 6.45) is 2.68. The van der Waals surface area contributed by atoms with Crippen LogP contribution in [0.5, 0.6) is 0 Å². The summed E-state index contributed by atoms with van der Waals surface area (Å²) >= 11 is 0. The molecule has 0 saturated heterocycles. The third-order valence-electron chi connectivity index (χ3n) is 4.07. The molecule has 3 nitrogen and oxygen atoms in total. The molecule has 1 aromatic carbocycles. The molecule has 1 unspecified atom stereocenters. The Morgan fingerprint density at radius 3 is 2.43 bits per heavy atom. The number of carbonyl (C=O) groups excluding carboxylic acids is 1. The van der Waals surface area contributed by atoms with Crippen LogP contribution in [-0.2, 0) is 13.0 Å². The van der Waals surface area contributed by atoms with Gasteiger partial charge in [0.25, 0.3) is 0 Å². The molecule has 0 radical (unpaired) electrons. The predicted molar refractivity (Wildman–Crippen MR) is 84.5 cm³/mol. The van der Waals surface area contributed by atoms with Crippen LogP contribution in [0.15, 0.2) is 41.0 Å². The molecule has 0 bridgehead atoms. The van der Waals surface area contributed by atoms with E-state index in [4.69, 9.17) is 4.42 Å². The number of likely N-dealkylation sites (N-methyl/N-ethyl adjacent to an activating group) is 1. The van der Waals surface area contributed by atoms with Crippen LogP contribution < -0.4 is 0 Å². The first-order valence-corrected chi connectivity index (χ1v) is 7.39. The Morgan fingerprint density at radius 1 is 1.24 bits per heavy atom. The molecule has 1 aromatic heterocycles. The maximum Gasteiger partial charge on any atom is 0.179 e. The van der Waals surface area contributed by atoms with Gasteiger partial charge in [0, 0.05) is 17.7 Å². The van der Waals surface area contributed by atoms with Crippen molar-refractivity contribution in [2.45, 2.75) is 39.8 Å². The zero-order valence-electron chi connectivity index (χ0n) is 13.2. The lowest BCUT2D eigenvalue weighted by molar-refractivity contribution is 0.0861. The third kappa shape index (κ3) is 3.61. The summed E-state index contributed by atoms with van der Waals surface area (Å²) in [6, 6.07) is 9.70. The lowest BCUT2D eigenvalue weighted by atomic mass is 10.0. The lowest BCUT2D eigenvalue weighted by Crippen LogP contribution is -2.35. The summed E-state index contributed by atoms with van der Waals surface area (Å²) < 4.78 is 5.30. The fourth-order valence-electron chi connectivity index (χ4n) is 2.33. The average molecular weight is 285 g/mol. The van der Waals surface area contributed by atoms with Gasteiger partial charge in [-0.3, -0.25) is 9.69 Å². The van der Waals surface area contributed by atoms with Gasteiger partial charge in [-0.15, -0.1) is 0 Å². The minimum Gasteiger partial charge on any atom is -0.469 e. The van der Waals surface area contributed by atoms with Gasteiger partial charge in [-0.1, -0.05) is 31.2 Å². The monoisotopic (exact) mass is 285 g/mol. The van der Waals surface area contributed by atoms with Crippen molar-refractivity contribution >= 4 is 5.78 Å². The number of aryl methyl sites for hydroxylation is 2. The zero-order valence-corrected chi connectivity index (χ0v) is 13.2. The van der Waals surface area contributed by atoms with E-state index in [2.05, 4.69) is 6.92 Å². The lowest BCUT2D eigenvalue weighted by Gasteiger charge is -2.23. The molecule has 3 heteroatoms. The first-order chi connectivity index (χ1) is 10.0. The zero-order chi connectivity index (χ0) is 15.4. The molecule has 0 saturated carbocycles. The SMILES string of the molecule is CCc1ccc(C(=O)C(C)N(C)Cc2ccoc2C)cc1. The second kappa shape index (κ2) is 6.72. The molecule has 1 heterocycles. The van der Waals surface area contributed by atoms with Crippen molar-refractivity contribution in [3.8, 4) is 0 Å². The van der Waals surface area contributed by atoms with Crippen LogP contribution in [0.3, 0.4) is 0 Å². The molecule has 0 spiro atoms. The molecule has 2 rings (SSSR count). The van der Waals surface area contributed by atoms with Gasteiger partial charge in [-0.2, -0.15) is 0 Å². The van der Waals surface area contributed by atoms with E-state index >= 15 is 0 Å². The number of ketones is 1. The maximum atomic E-state index is 12.5. The molecular weight excluding hydrogens is 262 g/mol. The van der Waals surface area contributed by atoms with E-state index in [0.29, 0.717) is 6.54 Å². The van der Waals surface area contributed by atoms with E-state index in [0.717, 1.165) is 23.3 Å². The summed E-state index contributed by atoms with van der Waals surface area (Å²) in [4.78, 5) is 14.6. The Bertz CT molecular complexity index is 598. The van der Waals surface area contributed by atoms with Crippen molar-refractivity contribution in [1.82, 2.24) is 4.90 Å². The molecule has 2 aromatic rings. The fourth-order valence-corrected chi connectivity index (χ4v) is 2.33. The number of carbonyl (C=O) groups is 1. The third-order valence-corrected chi connectivity index (χ3v) is 4.07. The molecule has 0 N–H and O–H groups in total. The van der Waals surface area contributed by atoms with Crippen molar-refractivity contribution in [2.24, 2.45) is 0 Å². The molecule has 21 heavy (non-hydrogen) atoms. The molecule has 0 aliphatic heterocycles. The van der Waals surface area contributed by atoms with Crippen LogP contribution in [0.25, 0.3) is 0 Å². The van der Waals surface area contributed by atoms with Crippen molar-refractivity contribution in [3.05, 3.63) is 59.0 Å². The number of hydrogen-bond donors (Lipinski definition) is 0. The molecular formula is C18H23NO2. The highest BCUT2D eigenvalue weighted by Crippen LogP contribution is 2.15. The first kappa shape index (κ1) is 15.5. The quantitative estimate of drug-likeness (QED) is 0.756. The number of rotatable bonds is 6. The van der Waals surface area contributed by atoms with E-state index in [1.54, 1.807) is 6.26 Å². The number of furan rings is 1. The largest absolute Gasteiger partial charge is 0.469 e. The maximum absolute atomic E-state index is 12.5. The van der Waals surface area contributed by atoms with Crippen LogP contribution in [0.4, 0.5) is 0 Å². The van der Waals surface area contributed by atoms with E-state index < -0.39 is 0 Å². The molecule has 0 aliphatic rings. The second-order valence-corrected chi connectivity index (χ2v) is 5.51. The van der Waals surface area contributed by atoms with Crippen LogP contribution in [0.1, 0.15) is 41.1 Å². The van der Waals surface area contributed by atoms with Gasteiger partial charge in [-0.05, 0) is 38.9 Å². The topological polar surface area (TPSA) is 33.5 Å². The smallest absolute Gasteiger partial charge is 0.179 e. The van der Waals surface area contributed by atoms with Crippen LogP contribution >= 0.6 is 0 Å². The minimum atomic E-state index is -0.160. The number of hydrogen-bond acceptors (Lipinski definition) is 3. The number of Topliss-reactive ketones (excluding diaryl/α,β-unsaturated/α-hetero) is 1. The highest BCUT2D eigenvalue weighted by atomic mass is 16.3. The second-order valence-electron chi connectivity index (χ2n) is 5.51. The van der Waals surface area contributed by atoms with Gasteiger partial charge in [0.15, 0.2) is 5.78 Å². The Kier molecular flexibility index (Phi) is 4.97. The van der Waals surface area contributed by atoms with Gasteiger partial charge < -0.3 is 4.42 Å².